The van der Waals surface area contributed by atoms with Gasteiger partial charge in [0, 0.05) is 12.6 Å². The van der Waals surface area contributed by atoms with E-state index in [1.165, 1.54) is 0 Å². The molecule has 0 aliphatic carbocycles. The number of aromatic nitrogens is 2. The molecule has 1 saturated heterocycles. The lowest BCUT2D eigenvalue weighted by Crippen LogP contribution is -2.37. The highest BCUT2D eigenvalue weighted by Crippen LogP contribution is 2.33. The first kappa shape index (κ1) is 14.9. The van der Waals surface area contributed by atoms with Crippen LogP contribution in [0.5, 0.6) is 0 Å². The largest absolute Gasteiger partial charge is 0.444 e. The van der Waals surface area contributed by atoms with E-state index in [2.05, 4.69) is 23.4 Å². The van der Waals surface area contributed by atoms with E-state index in [0.29, 0.717) is 6.04 Å². The van der Waals surface area contributed by atoms with Crippen molar-refractivity contribution in [2.24, 2.45) is 0 Å². The molecule has 0 N–H and O–H groups in total. The van der Waals surface area contributed by atoms with Gasteiger partial charge in [0.05, 0.1) is 24.3 Å². The van der Waals surface area contributed by atoms with Crippen molar-refractivity contribution in [1.29, 1.82) is 0 Å². The van der Waals surface area contributed by atoms with Crippen LogP contribution >= 0.6 is 0 Å². The summed E-state index contributed by atoms with van der Waals surface area (Å²) in [6.45, 7) is 10.7. The molecule has 1 aromatic rings. The Bertz CT molecular complexity index is 474. The van der Waals surface area contributed by atoms with E-state index >= 15 is 0 Å². The van der Waals surface area contributed by atoms with Gasteiger partial charge in [0.15, 0.2) is 0 Å². The zero-order valence-corrected chi connectivity index (χ0v) is 13.1. The Morgan fingerprint density at radius 2 is 2.15 bits per heavy atom. The van der Waals surface area contributed by atoms with Crippen LogP contribution in [0.2, 0.25) is 0 Å². The lowest BCUT2D eigenvalue weighted by molar-refractivity contribution is 0.0218. The van der Waals surface area contributed by atoms with Crippen LogP contribution in [-0.4, -0.2) is 32.7 Å². The Labute approximate surface area is 120 Å². The average Bonchev–Trinajstić information content (AvgIpc) is 2.95. The number of carbonyl (C=O) groups is 1. The molecular weight excluding hydrogens is 254 g/mol. The number of carbonyl (C=O) groups excluding carboxylic acids is 1. The van der Waals surface area contributed by atoms with Crippen molar-refractivity contribution in [3.05, 3.63) is 18.2 Å². The minimum Gasteiger partial charge on any atom is -0.444 e. The molecule has 1 amide bonds. The third-order valence-corrected chi connectivity index (χ3v) is 3.47. The molecule has 20 heavy (non-hydrogen) atoms. The molecule has 2 heterocycles. The summed E-state index contributed by atoms with van der Waals surface area (Å²) < 4.78 is 7.64. The number of nitrogens with zero attached hydrogens (tertiary/aromatic N) is 3. The summed E-state index contributed by atoms with van der Waals surface area (Å²) in [7, 11) is 0. The molecule has 5 nitrogen and oxygen atoms in total. The normalized spacial score (nSPS) is 19.7. The Morgan fingerprint density at radius 1 is 1.45 bits per heavy atom. The maximum atomic E-state index is 12.3. The maximum Gasteiger partial charge on any atom is 0.410 e. The fraction of sp³-hybridized carbons (Fsp3) is 0.733. The molecule has 0 aromatic carbocycles. The molecule has 1 aliphatic heterocycles. The van der Waals surface area contributed by atoms with Crippen LogP contribution in [0.3, 0.4) is 0 Å². The first-order valence-electron chi connectivity index (χ1n) is 7.31. The highest BCUT2D eigenvalue weighted by Gasteiger charge is 2.34. The molecule has 1 fully saturated rings. The third kappa shape index (κ3) is 3.14. The van der Waals surface area contributed by atoms with Gasteiger partial charge in [0.2, 0.25) is 0 Å². The zero-order chi connectivity index (χ0) is 14.9. The van der Waals surface area contributed by atoms with E-state index in [4.69, 9.17) is 4.74 Å². The molecule has 1 aliphatic rings. The van der Waals surface area contributed by atoms with Crippen molar-refractivity contribution in [1.82, 2.24) is 14.5 Å². The maximum absolute atomic E-state index is 12.3. The van der Waals surface area contributed by atoms with Crippen molar-refractivity contribution >= 4 is 6.09 Å². The van der Waals surface area contributed by atoms with Gasteiger partial charge in [0.25, 0.3) is 0 Å². The fourth-order valence-corrected chi connectivity index (χ4v) is 2.62. The average molecular weight is 279 g/mol. The van der Waals surface area contributed by atoms with E-state index in [1.807, 2.05) is 38.2 Å². The van der Waals surface area contributed by atoms with Crippen molar-refractivity contribution in [3.63, 3.8) is 0 Å². The van der Waals surface area contributed by atoms with E-state index < -0.39 is 5.60 Å². The van der Waals surface area contributed by atoms with Crippen LogP contribution in [0, 0.1) is 0 Å². The molecule has 1 atom stereocenters. The summed E-state index contributed by atoms with van der Waals surface area (Å²) in [6, 6.07) is 0.420. The monoisotopic (exact) mass is 279 g/mol. The summed E-state index contributed by atoms with van der Waals surface area (Å²) in [6.07, 6.45) is 5.46. The van der Waals surface area contributed by atoms with Gasteiger partial charge in [-0.2, -0.15) is 0 Å². The van der Waals surface area contributed by atoms with Gasteiger partial charge in [-0.15, -0.1) is 0 Å². The standard InChI is InChI=1S/C15H25N3O2/c1-11(2)18-10-16-9-13(18)12-7-6-8-17(12)14(19)20-15(3,4)5/h9-12H,6-8H2,1-5H3/t12-/m0/s1. The van der Waals surface area contributed by atoms with E-state index in [0.717, 1.165) is 25.1 Å². The number of ether oxygens (including phenoxy) is 1. The SMILES string of the molecule is CC(C)n1cncc1[C@@H]1CCCN1C(=O)OC(C)(C)C. The van der Waals surface area contributed by atoms with Crippen LogP contribution in [-0.2, 0) is 4.74 Å². The number of likely N-dealkylation sites (tertiary alicyclic amines) is 1. The summed E-state index contributed by atoms with van der Waals surface area (Å²) in [5, 5.41) is 0. The van der Waals surface area contributed by atoms with Crippen LogP contribution in [0.1, 0.15) is 65.2 Å². The quantitative estimate of drug-likeness (QED) is 0.832. The van der Waals surface area contributed by atoms with Gasteiger partial charge >= 0.3 is 6.09 Å². The molecule has 0 bridgehead atoms. The van der Waals surface area contributed by atoms with Crippen LogP contribution < -0.4 is 0 Å². The Hall–Kier alpha value is -1.52. The zero-order valence-electron chi connectivity index (χ0n) is 13.1. The molecule has 112 valence electrons. The highest BCUT2D eigenvalue weighted by atomic mass is 16.6. The predicted octanol–water partition coefficient (Wildman–Crippen LogP) is 3.54. The Morgan fingerprint density at radius 3 is 2.75 bits per heavy atom. The topological polar surface area (TPSA) is 47.4 Å². The van der Waals surface area contributed by atoms with E-state index in [-0.39, 0.29) is 12.1 Å². The van der Waals surface area contributed by atoms with Gasteiger partial charge in [-0.3, -0.25) is 4.90 Å². The van der Waals surface area contributed by atoms with Crippen molar-refractivity contribution in [3.8, 4) is 0 Å². The second-order valence-corrected chi connectivity index (χ2v) is 6.65. The number of imidazole rings is 1. The molecule has 2 rings (SSSR count). The van der Waals surface area contributed by atoms with Crippen LogP contribution in [0.25, 0.3) is 0 Å². The highest BCUT2D eigenvalue weighted by molar-refractivity contribution is 5.69. The molecule has 0 unspecified atom stereocenters. The summed E-state index contributed by atoms with van der Waals surface area (Å²) >= 11 is 0. The van der Waals surface area contributed by atoms with Crippen molar-refractivity contribution < 1.29 is 9.53 Å². The Kier molecular flexibility index (Phi) is 4.06. The van der Waals surface area contributed by atoms with Crippen molar-refractivity contribution in [2.45, 2.75) is 65.1 Å². The molecule has 0 spiro atoms. The van der Waals surface area contributed by atoms with Crippen LogP contribution in [0.4, 0.5) is 4.79 Å². The Balaban J connectivity index is 2.19. The second kappa shape index (κ2) is 5.46. The van der Waals surface area contributed by atoms with Gasteiger partial charge in [-0.05, 0) is 47.5 Å². The predicted molar refractivity (Wildman–Crippen MR) is 77.5 cm³/mol. The number of hydrogen-bond acceptors (Lipinski definition) is 3. The number of rotatable bonds is 2. The smallest absolute Gasteiger partial charge is 0.410 e. The van der Waals surface area contributed by atoms with Gasteiger partial charge < -0.3 is 9.30 Å². The molecule has 5 heteroatoms. The lowest BCUT2D eigenvalue weighted by Gasteiger charge is -2.29. The van der Waals surface area contributed by atoms with Gasteiger partial charge in [-0.25, -0.2) is 9.78 Å². The summed E-state index contributed by atoms with van der Waals surface area (Å²) in [4.78, 5) is 18.4. The molecular formula is C15H25N3O2. The summed E-state index contributed by atoms with van der Waals surface area (Å²) in [5.74, 6) is 0. The van der Waals surface area contributed by atoms with Crippen LogP contribution in [0.15, 0.2) is 12.5 Å². The molecule has 0 radical (unpaired) electrons. The number of amides is 1. The second-order valence-electron chi connectivity index (χ2n) is 6.65. The van der Waals surface area contributed by atoms with E-state index in [1.54, 1.807) is 0 Å². The number of hydrogen-bond donors (Lipinski definition) is 0. The first-order chi connectivity index (χ1) is 9.29. The molecule has 1 aromatic heterocycles. The third-order valence-electron chi connectivity index (χ3n) is 3.47. The summed E-state index contributed by atoms with van der Waals surface area (Å²) in [5.41, 5.74) is 0.644. The first-order valence-corrected chi connectivity index (χ1v) is 7.31. The minimum atomic E-state index is -0.456. The van der Waals surface area contributed by atoms with E-state index in [9.17, 15) is 4.79 Å². The minimum absolute atomic E-state index is 0.0785. The molecule has 0 saturated carbocycles. The lowest BCUT2D eigenvalue weighted by atomic mass is 10.1. The van der Waals surface area contributed by atoms with Gasteiger partial charge in [-0.1, -0.05) is 0 Å². The van der Waals surface area contributed by atoms with Gasteiger partial charge in [0.1, 0.15) is 5.60 Å². The van der Waals surface area contributed by atoms with Crippen molar-refractivity contribution in [2.75, 3.05) is 6.54 Å². The fourth-order valence-electron chi connectivity index (χ4n) is 2.62.